The van der Waals surface area contributed by atoms with Crippen molar-refractivity contribution in [1.82, 2.24) is 9.21 Å². The highest BCUT2D eigenvalue weighted by atomic mass is 32.2. The van der Waals surface area contributed by atoms with Crippen molar-refractivity contribution in [3.8, 4) is 5.75 Å². The van der Waals surface area contributed by atoms with Gasteiger partial charge in [-0.2, -0.15) is 4.31 Å². The number of morpholine rings is 1. The van der Waals surface area contributed by atoms with Crippen LogP contribution in [0.15, 0.2) is 29.2 Å². The van der Waals surface area contributed by atoms with Crippen molar-refractivity contribution >= 4 is 10.0 Å². The SMILES string of the molecule is COc1ccccc1S(=O)(=O)N1CCC(CCN2CCOCC2)CC1. The lowest BCUT2D eigenvalue weighted by atomic mass is 9.94. The summed E-state index contributed by atoms with van der Waals surface area (Å²) in [4.78, 5) is 2.71. The van der Waals surface area contributed by atoms with Gasteiger partial charge in [0.25, 0.3) is 0 Å². The van der Waals surface area contributed by atoms with E-state index in [4.69, 9.17) is 9.47 Å². The molecule has 0 N–H and O–H groups in total. The first kappa shape index (κ1) is 18.6. The Bertz CT molecular complexity index is 651. The summed E-state index contributed by atoms with van der Waals surface area (Å²) in [5, 5.41) is 0. The van der Waals surface area contributed by atoms with Crippen molar-refractivity contribution in [1.29, 1.82) is 0 Å². The predicted molar refractivity (Wildman–Crippen MR) is 96.4 cm³/mol. The Kier molecular flexibility index (Phi) is 6.33. The van der Waals surface area contributed by atoms with Gasteiger partial charge in [-0.3, -0.25) is 4.90 Å². The van der Waals surface area contributed by atoms with Gasteiger partial charge in [-0.25, -0.2) is 8.42 Å². The van der Waals surface area contributed by atoms with E-state index in [0.29, 0.717) is 24.8 Å². The third-order valence-corrected chi connectivity index (χ3v) is 7.16. The van der Waals surface area contributed by atoms with Crippen molar-refractivity contribution in [3.05, 3.63) is 24.3 Å². The average molecular weight is 368 g/mol. The lowest BCUT2D eigenvalue weighted by molar-refractivity contribution is 0.0343. The molecule has 0 atom stereocenters. The summed E-state index contributed by atoms with van der Waals surface area (Å²) < 4.78 is 38.0. The van der Waals surface area contributed by atoms with Gasteiger partial charge in [-0.1, -0.05) is 12.1 Å². The van der Waals surface area contributed by atoms with Crippen molar-refractivity contribution in [2.75, 3.05) is 53.0 Å². The Labute approximate surface area is 150 Å². The fourth-order valence-corrected chi connectivity index (χ4v) is 5.23. The van der Waals surface area contributed by atoms with Crippen LogP contribution in [0.25, 0.3) is 0 Å². The highest BCUT2D eigenvalue weighted by Crippen LogP contribution is 2.30. The molecule has 0 saturated carbocycles. The van der Waals surface area contributed by atoms with Crippen LogP contribution in [0.2, 0.25) is 0 Å². The van der Waals surface area contributed by atoms with E-state index in [0.717, 1.165) is 52.1 Å². The van der Waals surface area contributed by atoms with E-state index in [9.17, 15) is 8.42 Å². The van der Waals surface area contributed by atoms with Crippen LogP contribution in [0.4, 0.5) is 0 Å². The molecule has 25 heavy (non-hydrogen) atoms. The van der Waals surface area contributed by atoms with Gasteiger partial charge < -0.3 is 9.47 Å². The highest BCUT2D eigenvalue weighted by molar-refractivity contribution is 7.89. The number of sulfonamides is 1. The van der Waals surface area contributed by atoms with Gasteiger partial charge in [0, 0.05) is 26.2 Å². The molecular weight excluding hydrogens is 340 g/mol. The van der Waals surface area contributed by atoms with Crippen LogP contribution in [-0.2, 0) is 14.8 Å². The Morgan fingerprint density at radius 2 is 1.80 bits per heavy atom. The Hall–Kier alpha value is -1.15. The minimum Gasteiger partial charge on any atom is -0.495 e. The van der Waals surface area contributed by atoms with E-state index in [1.807, 2.05) is 0 Å². The number of hydrogen-bond acceptors (Lipinski definition) is 5. The third-order valence-electron chi connectivity index (χ3n) is 5.22. The molecule has 1 aromatic carbocycles. The van der Waals surface area contributed by atoms with Crippen molar-refractivity contribution in [3.63, 3.8) is 0 Å². The van der Waals surface area contributed by atoms with E-state index >= 15 is 0 Å². The standard InChI is InChI=1S/C18H28N2O4S/c1-23-17-4-2-3-5-18(17)25(21,22)20-10-7-16(8-11-20)6-9-19-12-14-24-15-13-19/h2-5,16H,6-15H2,1H3. The topological polar surface area (TPSA) is 59.1 Å². The van der Waals surface area contributed by atoms with Crippen LogP contribution in [0, 0.1) is 5.92 Å². The third kappa shape index (κ3) is 4.53. The van der Waals surface area contributed by atoms with Crippen LogP contribution < -0.4 is 4.74 Å². The second kappa shape index (κ2) is 8.49. The van der Waals surface area contributed by atoms with Crippen LogP contribution in [0.3, 0.4) is 0 Å². The molecule has 2 aliphatic heterocycles. The van der Waals surface area contributed by atoms with E-state index in [1.165, 1.54) is 7.11 Å². The zero-order valence-corrected chi connectivity index (χ0v) is 15.7. The molecule has 0 aromatic heterocycles. The Morgan fingerprint density at radius 1 is 1.12 bits per heavy atom. The summed E-state index contributed by atoms with van der Waals surface area (Å²) in [6.07, 6.45) is 3.00. The highest BCUT2D eigenvalue weighted by Gasteiger charge is 2.31. The van der Waals surface area contributed by atoms with Crippen LogP contribution in [0.5, 0.6) is 5.75 Å². The number of ether oxygens (including phenoxy) is 2. The summed E-state index contributed by atoms with van der Waals surface area (Å²) in [7, 11) is -1.98. The smallest absolute Gasteiger partial charge is 0.246 e. The predicted octanol–water partition coefficient (Wildman–Crippen LogP) is 1.82. The summed E-state index contributed by atoms with van der Waals surface area (Å²) in [6.45, 7) is 5.96. The molecule has 7 heteroatoms. The molecule has 2 saturated heterocycles. The van der Waals surface area contributed by atoms with E-state index in [1.54, 1.807) is 28.6 Å². The molecule has 2 heterocycles. The minimum atomic E-state index is -3.48. The molecule has 2 aliphatic rings. The second-order valence-corrected chi connectivity index (χ2v) is 8.65. The molecule has 2 fully saturated rings. The molecule has 3 rings (SSSR count). The molecule has 0 spiro atoms. The van der Waals surface area contributed by atoms with Gasteiger partial charge >= 0.3 is 0 Å². The van der Waals surface area contributed by atoms with Crippen molar-refractivity contribution in [2.24, 2.45) is 5.92 Å². The number of para-hydroxylation sites is 1. The maximum atomic E-state index is 12.9. The lowest BCUT2D eigenvalue weighted by Gasteiger charge is -2.33. The maximum Gasteiger partial charge on any atom is 0.246 e. The largest absolute Gasteiger partial charge is 0.495 e. The van der Waals surface area contributed by atoms with Crippen LogP contribution >= 0.6 is 0 Å². The zero-order chi connectivity index (χ0) is 17.7. The van der Waals surface area contributed by atoms with E-state index < -0.39 is 10.0 Å². The van der Waals surface area contributed by atoms with Crippen LogP contribution in [-0.4, -0.2) is 70.7 Å². The lowest BCUT2D eigenvalue weighted by Crippen LogP contribution is -2.40. The summed E-state index contributed by atoms with van der Waals surface area (Å²) in [6, 6.07) is 6.85. The summed E-state index contributed by atoms with van der Waals surface area (Å²) >= 11 is 0. The molecule has 0 amide bonds. The van der Waals surface area contributed by atoms with Gasteiger partial charge in [-0.15, -0.1) is 0 Å². The monoisotopic (exact) mass is 368 g/mol. The average Bonchev–Trinajstić information content (AvgIpc) is 2.67. The fraction of sp³-hybridized carbons (Fsp3) is 0.667. The quantitative estimate of drug-likeness (QED) is 0.767. The molecule has 6 nitrogen and oxygen atoms in total. The number of piperidine rings is 1. The van der Waals surface area contributed by atoms with Gasteiger partial charge in [0.15, 0.2) is 0 Å². The molecule has 0 aliphatic carbocycles. The molecular formula is C18H28N2O4S. The number of nitrogens with zero attached hydrogens (tertiary/aromatic N) is 2. The molecule has 1 aromatic rings. The Balaban J connectivity index is 1.54. The molecule has 0 bridgehead atoms. The van der Waals surface area contributed by atoms with Gasteiger partial charge in [0.2, 0.25) is 10.0 Å². The van der Waals surface area contributed by atoms with Gasteiger partial charge in [-0.05, 0) is 43.9 Å². The first-order valence-electron chi connectivity index (χ1n) is 9.04. The second-order valence-electron chi connectivity index (χ2n) is 6.74. The zero-order valence-electron chi connectivity index (χ0n) is 14.9. The van der Waals surface area contributed by atoms with Crippen molar-refractivity contribution < 1.29 is 17.9 Å². The summed E-state index contributed by atoms with van der Waals surface area (Å²) in [5.74, 6) is 1.02. The van der Waals surface area contributed by atoms with Gasteiger partial charge in [0.05, 0.1) is 20.3 Å². The Morgan fingerprint density at radius 3 is 2.48 bits per heavy atom. The minimum absolute atomic E-state index is 0.268. The first-order chi connectivity index (χ1) is 12.1. The molecule has 0 radical (unpaired) electrons. The molecule has 140 valence electrons. The fourth-order valence-electron chi connectivity index (χ4n) is 3.60. The van der Waals surface area contributed by atoms with Gasteiger partial charge in [0.1, 0.15) is 10.6 Å². The van der Waals surface area contributed by atoms with Crippen molar-refractivity contribution in [2.45, 2.75) is 24.2 Å². The number of benzene rings is 1. The number of hydrogen-bond donors (Lipinski definition) is 0. The molecule has 0 unspecified atom stereocenters. The normalized spacial score (nSPS) is 21.3. The number of rotatable bonds is 6. The number of methoxy groups -OCH3 is 1. The van der Waals surface area contributed by atoms with E-state index in [-0.39, 0.29) is 4.90 Å². The first-order valence-corrected chi connectivity index (χ1v) is 10.5. The summed E-state index contributed by atoms with van der Waals surface area (Å²) in [5.41, 5.74) is 0. The van der Waals surface area contributed by atoms with E-state index in [2.05, 4.69) is 4.90 Å². The van der Waals surface area contributed by atoms with Crippen LogP contribution in [0.1, 0.15) is 19.3 Å². The maximum absolute atomic E-state index is 12.9.